The van der Waals surface area contributed by atoms with Crippen molar-refractivity contribution in [1.82, 2.24) is 14.1 Å². The third-order valence-corrected chi connectivity index (χ3v) is 4.49. The fraction of sp³-hybridized carbons (Fsp3) is 0.150. The zero-order valence-corrected chi connectivity index (χ0v) is 14.3. The fourth-order valence-electron chi connectivity index (χ4n) is 3.10. The van der Waals surface area contributed by atoms with Gasteiger partial charge in [-0.2, -0.15) is 4.98 Å². The normalized spacial score (nSPS) is 11.3. The Morgan fingerprint density at radius 3 is 2.28 bits per heavy atom. The number of pyridine rings is 1. The Bertz CT molecular complexity index is 1200. The quantitative estimate of drug-likeness (QED) is 0.504. The molecule has 0 aromatic heterocycles. The topological polar surface area (TPSA) is 56.9 Å². The molecule has 4 rings (SSSR count). The van der Waals surface area contributed by atoms with Gasteiger partial charge in [-0.15, -0.1) is 0 Å². The summed E-state index contributed by atoms with van der Waals surface area (Å²) in [7, 11) is 1.45. The maximum Gasteiger partial charge on any atom is 0.352 e. The van der Waals surface area contributed by atoms with Gasteiger partial charge in [0.05, 0.1) is 11.1 Å². The van der Waals surface area contributed by atoms with Crippen LogP contribution in [0.3, 0.4) is 0 Å². The van der Waals surface area contributed by atoms with Crippen molar-refractivity contribution in [3.8, 4) is 17.1 Å². The molecule has 0 aliphatic carbocycles. The van der Waals surface area contributed by atoms with Gasteiger partial charge in [-0.05, 0) is 49.6 Å². The van der Waals surface area contributed by atoms with Gasteiger partial charge >= 0.3 is 5.69 Å². The Morgan fingerprint density at radius 2 is 1.56 bits per heavy atom. The number of nitrogens with zero attached hydrogens (tertiary/aromatic N) is 3. The van der Waals surface area contributed by atoms with E-state index in [4.69, 9.17) is 0 Å². The highest BCUT2D eigenvalue weighted by Crippen LogP contribution is 2.28. The van der Waals surface area contributed by atoms with Crippen LogP contribution < -0.4 is 11.2 Å². The molecule has 0 fully saturated rings. The van der Waals surface area contributed by atoms with E-state index in [2.05, 4.69) is 4.98 Å². The highest BCUT2D eigenvalue weighted by molar-refractivity contribution is 5.87. The molecule has 0 unspecified atom stereocenters. The van der Waals surface area contributed by atoms with Gasteiger partial charge in [0.25, 0.3) is 5.56 Å². The van der Waals surface area contributed by atoms with Crippen LogP contribution >= 0.6 is 0 Å². The zero-order chi connectivity index (χ0) is 17.7. The van der Waals surface area contributed by atoms with Crippen LogP contribution in [0.4, 0.5) is 0 Å². The lowest BCUT2D eigenvalue weighted by Gasteiger charge is -2.18. The average Bonchev–Trinajstić information content (AvgIpc) is 2.59. The van der Waals surface area contributed by atoms with Crippen molar-refractivity contribution < 1.29 is 0 Å². The van der Waals surface area contributed by atoms with E-state index in [9.17, 15) is 9.59 Å². The van der Waals surface area contributed by atoms with Crippen LogP contribution in [0.15, 0.2) is 58.1 Å². The number of fused-ring (bicyclic) bond motifs is 2. The summed E-state index contributed by atoms with van der Waals surface area (Å²) in [6.07, 6.45) is 0. The molecule has 0 radical (unpaired) electrons. The number of aryl methyl sites for hydroxylation is 2. The minimum absolute atomic E-state index is 0.334. The molecule has 5 nitrogen and oxygen atoms in total. The van der Waals surface area contributed by atoms with E-state index >= 15 is 0 Å². The molecule has 124 valence electrons. The molecule has 5 heteroatoms. The molecule has 0 atom stereocenters. The molecule has 2 aliphatic rings. The SMILES string of the molecule is Cc1ccc(-n2c3nc(=O)n(C)c(=O)c-3cc3cc(C)ccc32)cc1. The lowest BCUT2D eigenvalue weighted by Crippen LogP contribution is -2.35. The number of hydrogen-bond acceptors (Lipinski definition) is 3. The fourth-order valence-corrected chi connectivity index (χ4v) is 3.10. The van der Waals surface area contributed by atoms with Crippen LogP contribution in [0.25, 0.3) is 28.0 Å². The first-order valence-corrected chi connectivity index (χ1v) is 8.06. The average molecular weight is 331 g/mol. The van der Waals surface area contributed by atoms with Crippen molar-refractivity contribution in [2.24, 2.45) is 7.05 Å². The van der Waals surface area contributed by atoms with E-state index < -0.39 is 5.69 Å². The zero-order valence-electron chi connectivity index (χ0n) is 14.3. The second-order valence-corrected chi connectivity index (χ2v) is 6.37. The molecule has 2 aliphatic heterocycles. The van der Waals surface area contributed by atoms with Crippen molar-refractivity contribution in [2.75, 3.05) is 0 Å². The summed E-state index contributed by atoms with van der Waals surface area (Å²) in [5.74, 6) is 0.383. The third-order valence-electron chi connectivity index (χ3n) is 4.49. The monoisotopic (exact) mass is 331 g/mol. The van der Waals surface area contributed by atoms with Gasteiger partial charge in [0, 0.05) is 12.7 Å². The van der Waals surface area contributed by atoms with Crippen molar-refractivity contribution >= 4 is 10.9 Å². The van der Waals surface area contributed by atoms with E-state index in [0.29, 0.717) is 11.4 Å². The van der Waals surface area contributed by atoms with E-state index in [1.807, 2.05) is 66.9 Å². The highest BCUT2D eigenvalue weighted by atomic mass is 16.2. The van der Waals surface area contributed by atoms with Crippen LogP contribution in [0.5, 0.6) is 0 Å². The summed E-state index contributed by atoms with van der Waals surface area (Å²) in [4.78, 5) is 28.9. The first-order chi connectivity index (χ1) is 12.0. The summed E-state index contributed by atoms with van der Waals surface area (Å²) in [6, 6.07) is 15.8. The van der Waals surface area contributed by atoms with E-state index in [0.717, 1.165) is 32.3 Å². The Kier molecular flexibility index (Phi) is 3.32. The Labute approximate surface area is 144 Å². The molecule has 0 amide bonds. The Balaban J connectivity index is 2.25. The highest BCUT2D eigenvalue weighted by Gasteiger charge is 2.19. The first-order valence-electron chi connectivity index (χ1n) is 8.06. The van der Waals surface area contributed by atoms with Gasteiger partial charge in [0.1, 0.15) is 0 Å². The van der Waals surface area contributed by atoms with Gasteiger partial charge in [-0.3, -0.25) is 13.9 Å². The lowest BCUT2D eigenvalue weighted by atomic mass is 10.1. The smallest absolute Gasteiger partial charge is 0.294 e. The molecular formula is C20H17N3O2. The van der Waals surface area contributed by atoms with E-state index in [1.165, 1.54) is 7.05 Å². The third kappa shape index (κ3) is 2.36. The van der Waals surface area contributed by atoms with Crippen molar-refractivity contribution in [2.45, 2.75) is 13.8 Å². The van der Waals surface area contributed by atoms with Crippen LogP contribution in [0, 0.1) is 13.8 Å². The van der Waals surface area contributed by atoms with Gasteiger partial charge in [0.2, 0.25) is 0 Å². The van der Waals surface area contributed by atoms with Crippen LogP contribution in [-0.2, 0) is 7.05 Å². The minimum Gasteiger partial charge on any atom is -0.294 e. The van der Waals surface area contributed by atoms with Crippen LogP contribution in [0.2, 0.25) is 0 Å². The number of benzene rings is 2. The largest absolute Gasteiger partial charge is 0.352 e. The number of hydrogen-bond donors (Lipinski definition) is 0. The van der Waals surface area contributed by atoms with Gasteiger partial charge < -0.3 is 0 Å². The molecule has 25 heavy (non-hydrogen) atoms. The second kappa shape index (κ2) is 5.41. The Morgan fingerprint density at radius 1 is 0.880 bits per heavy atom. The lowest BCUT2D eigenvalue weighted by molar-refractivity contribution is 0.766. The minimum atomic E-state index is -0.551. The summed E-state index contributed by atoms with van der Waals surface area (Å²) in [5.41, 5.74) is 3.56. The Hall–Kier alpha value is -3.21. The summed E-state index contributed by atoms with van der Waals surface area (Å²) >= 11 is 0. The predicted molar refractivity (Wildman–Crippen MR) is 98.7 cm³/mol. The molecule has 2 aromatic rings. The molecular weight excluding hydrogens is 314 g/mol. The van der Waals surface area contributed by atoms with E-state index in [1.54, 1.807) is 0 Å². The summed E-state index contributed by atoms with van der Waals surface area (Å²) in [5, 5.41) is 0.936. The molecule has 2 aromatic carbocycles. The van der Waals surface area contributed by atoms with E-state index in [-0.39, 0.29) is 5.56 Å². The molecule has 0 N–H and O–H groups in total. The van der Waals surface area contributed by atoms with Crippen molar-refractivity contribution in [3.05, 3.63) is 80.5 Å². The summed E-state index contributed by atoms with van der Waals surface area (Å²) < 4.78 is 2.93. The van der Waals surface area contributed by atoms with Gasteiger partial charge in [-0.25, -0.2) is 4.79 Å². The molecule has 0 saturated heterocycles. The molecule has 2 heterocycles. The molecule has 0 spiro atoms. The van der Waals surface area contributed by atoms with Crippen LogP contribution in [0.1, 0.15) is 11.1 Å². The van der Waals surface area contributed by atoms with Gasteiger partial charge in [0.15, 0.2) is 5.82 Å². The second-order valence-electron chi connectivity index (χ2n) is 6.37. The van der Waals surface area contributed by atoms with Crippen molar-refractivity contribution in [3.63, 3.8) is 0 Å². The standard InChI is InChI=1S/C20H17N3O2/c1-12-4-7-15(8-5-12)23-17-9-6-13(2)10-14(17)11-16-18(23)21-20(25)22(3)19(16)24/h4-11H,1-3H3. The maximum atomic E-state index is 12.6. The number of aromatic nitrogens is 3. The van der Waals surface area contributed by atoms with Crippen LogP contribution in [-0.4, -0.2) is 14.1 Å². The van der Waals surface area contributed by atoms with Crippen molar-refractivity contribution in [1.29, 1.82) is 0 Å². The maximum absolute atomic E-state index is 12.6. The summed E-state index contributed by atoms with van der Waals surface area (Å²) in [6.45, 7) is 4.03. The van der Waals surface area contributed by atoms with Gasteiger partial charge in [-0.1, -0.05) is 29.3 Å². The number of rotatable bonds is 1. The first kappa shape index (κ1) is 15.3. The molecule has 0 saturated carbocycles. The molecule has 0 bridgehead atoms. The predicted octanol–water partition coefficient (Wildman–Crippen LogP) is 2.81.